The van der Waals surface area contributed by atoms with E-state index in [2.05, 4.69) is 0 Å². The number of hydrogen-bond acceptors (Lipinski definition) is 4. The molecule has 0 aliphatic rings. The van der Waals surface area contributed by atoms with Gasteiger partial charge in [-0.05, 0) is 43.0 Å². The van der Waals surface area contributed by atoms with E-state index < -0.39 is 22.4 Å². The minimum absolute atomic E-state index is 0.281. The largest absolute Gasteiger partial charge is 0.493 e. The van der Waals surface area contributed by atoms with Crippen LogP contribution in [0.2, 0.25) is 0 Å². The Morgan fingerprint density at radius 2 is 1.69 bits per heavy atom. The Morgan fingerprint density at radius 3 is 2.27 bits per heavy atom. The van der Waals surface area contributed by atoms with Crippen molar-refractivity contribution < 1.29 is 27.6 Å². The lowest BCUT2D eigenvalue weighted by molar-refractivity contribution is -0.385. The van der Waals surface area contributed by atoms with Crippen molar-refractivity contribution in [3.05, 3.63) is 63.2 Å². The van der Waals surface area contributed by atoms with Crippen LogP contribution in [0, 0.1) is 10.1 Å². The molecule has 8 heteroatoms. The molecule has 0 radical (unpaired) electrons. The number of nitro benzene ring substituents is 1. The van der Waals surface area contributed by atoms with Gasteiger partial charge in [0.05, 0.1) is 24.7 Å². The van der Waals surface area contributed by atoms with Crippen molar-refractivity contribution in [2.45, 2.75) is 25.4 Å². The lowest BCUT2D eigenvalue weighted by Crippen LogP contribution is -2.07. The average molecular weight is 369 g/mol. The summed E-state index contributed by atoms with van der Waals surface area (Å²) in [6.07, 6.45) is -3.17. The lowest BCUT2D eigenvalue weighted by atomic mass is 10.0. The van der Waals surface area contributed by atoms with E-state index in [1.54, 1.807) is 12.1 Å². The maximum absolute atomic E-state index is 12.7. The third-order valence-electron chi connectivity index (χ3n) is 3.97. The summed E-state index contributed by atoms with van der Waals surface area (Å²) in [5.41, 5.74) is -0.305. The molecule has 0 aromatic heterocycles. The molecule has 2 aromatic carbocycles. The van der Waals surface area contributed by atoms with E-state index in [9.17, 15) is 23.3 Å². The molecule has 0 spiro atoms. The summed E-state index contributed by atoms with van der Waals surface area (Å²) in [6, 6.07) is 8.05. The molecule has 5 nitrogen and oxygen atoms in total. The van der Waals surface area contributed by atoms with E-state index in [1.807, 2.05) is 6.07 Å². The number of aryl methyl sites for hydroxylation is 2. The van der Waals surface area contributed by atoms with Crippen LogP contribution in [0.5, 0.6) is 11.5 Å². The standard InChI is InChI=1S/C18H18F3NO4/c1-25-16-9-6-12(10-17(16)26-2)4-3-5-13-7-8-14(18(19,20)21)11-15(13)22(23)24/h6-11H,3-5H2,1-2H3. The zero-order valence-corrected chi connectivity index (χ0v) is 14.3. The monoisotopic (exact) mass is 369 g/mol. The highest BCUT2D eigenvalue weighted by Crippen LogP contribution is 2.33. The Labute approximate surface area is 148 Å². The topological polar surface area (TPSA) is 61.6 Å². The summed E-state index contributed by atoms with van der Waals surface area (Å²) in [7, 11) is 3.05. The predicted molar refractivity (Wildman–Crippen MR) is 89.7 cm³/mol. The Hall–Kier alpha value is -2.77. The Bertz CT molecular complexity index is 790. The molecule has 0 amide bonds. The lowest BCUT2D eigenvalue weighted by Gasteiger charge is -2.10. The summed E-state index contributed by atoms with van der Waals surface area (Å²) >= 11 is 0. The van der Waals surface area contributed by atoms with Gasteiger partial charge in [-0.2, -0.15) is 13.2 Å². The molecular weight excluding hydrogens is 351 g/mol. The first-order valence-electron chi connectivity index (χ1n) is 7.81. The van der Waals surface area contributed by atoms with Gasteiger partial charge in [-0.15, -0.1) is 0 Å². The number of rotatable bonds is 7. The number of methoxy groups -OCH3 is 2. The molecule has 0 atom stereocenters. The van der Waals surface area contributed by atoms with Gasteiger partial charge in [-0.1, -0.05) is 12.1 Å². The Balaban J connectivity index is 2.11. The molecule has 0 aliphatic carbocycles. The van der Waals surface area contributed by atoms with Gasteiger partial charge in [-0.25, -0.2) is 0 Å². The van der Waals surface area contributed by atoms with Gasteiger partial charge in [0.25, 0.3) is 5.69 Å². The zero-order valence-electron chi connectivity index (χ0n) is 14.3. The van der Waals surface area contributed by atoms with Crippen LogP contribution in [-0.2, 0) is 19.0 Å². The van der Waals surface area contributed by atoms with Crippen LogP contribution in [0.1, 0.15) is 23.1 Å². The van der Waals surface area contributed by atoms with Crippen LogP contribution in [0.15, 0.2) is 36.4 Å². The molecule has 140 valence electrons. The highest BCUT2D eigenvalue weighted by molar-refractivity contribution is 5.45. The van der Waals surface area contributed by atoms with Crippen LogP contribution in [0.3, 0.4) is 0 Å². The fourth-order valence-electron chi connectivity index (χ4n) is 2.64. The van der Waals surface area contributed by atoms with Gasteiger partial charge in [-0.3, -0.25) is 10.1 Å². The maximum atomic E-state index is 12.7. The first kappa shape index (κ1) is 19.6. The van der Waals surface area contributed by atoms with E-state index in [-0.39, 0.29) is 5.56 Å². The molecule has 2 aromatic rings. The molecule has 0 unspecified atom stereocenters. The molecule has 0 aliphatic heterocycles. The van der Waals surface area contributed by atoms with Crippen LogP contribution >= 0.6 is 0 Å². The summed E-state index contributed by atoms with van der Waals surface area (Å²) in [5.74, 6) is 1.17. The van der Waals surface area contributed by atoms with E-state index in [4.69, 9.17) is 9.47 Å². The molecule has 26 heavy (non-hydrogen) atoms. The molecule has 0 saturated heterocycles. The Kier molecular flexibility index (Phi) is 6.07. The summed E-state index contributed by atoms with van der Waals surface area (Å²) < 4.78 is 48.5. The number of hydrogen-bond donors (Lipinski definition) is 0. The van der Waals surface area contributed by atoms with Gasteiger partial charge in [0.1, 0.15) is 0 Å². The number of benzene rings is 2. The second-order valence-electron chi connectivity index (χ2n) is 5.64. The van der Waals surface area contributed by atoms with Gasteiger partial charge >= 0.3 is 6.18 Å². The summed E-state index contributed by atoms with van der Waals surface area (Å²) in [6.45, 7) is 0. The summed E-state index contributed by atoms with van der Waals surface area (Å²) in [4.78, 5) is 10.3. The van der Waals surface area contributed by atoms with E-state index in [0.29, 0.717) is 36.8 Å². The summed E-state index contributed by atoms with van der Waals surface area (Å²) in [5, 5.41) is 11.1. The van der Waals surface area contributed by atoms with Crippen molar-refractivity contribution in [2.75, 3.05) is 14.2 Å². The number of alkyl halides is 3. The normalized spacial score (nSPS) is 11.3. The van der Waals surface area contributed by atoms with Gasteiger partial charge in [0.15, 0.2) is 11.5 Å². The van der Waals surface area contributed by atoms with Crippen molar-refractivity contribution >= 4 is 5.69 Å². The minimum Gasteiger partial charge on any atom is -0.493 e. The van der Waals surface area contributed by atoms with Crippen molar-refractivity contribution in [3.63, 3.8) is 0 Å². The van der Waals surface area contributed by atoms with Crippen LogP contribution in [0.25, 0.3) is 0 Å². The fourth-order valence-corrected chi connectivity index (χ4v) is 2.64. The number of halogens is 3. The van der Waals surface area contributed by atoms with Crippen LogP contribution < -0.4 is 9.47 Å². The van der Waals surface area contributed by atoms with Crippen molar-refractivity contribution in [3.8, 4) is 11.5 Å². The molecule has 0 fully saturated rings. The van der Waals surface area contributed by atoms with Gasteiger partial charge in [0.2, 0.25) is 0 Å². The molecule has 0 saturated carbocycles. The number of ether oxygens (including phenoxy) is 2. The second kappa shape index (κ2) is 8.07. The van der Waals surface area contributed by atoms with Gasteiger partial charge < -0.3 is 9.47 Å². The van der Waals surface area contributed by atoms with E-state index in [1.165, 1.54) is 20.3 Å². The SMILES string of the molecule is COc1ccc(CCCc2ccc(C(F)(F)F)cc2[N+](=O)[O-])cc1OC. The van der Waals surface area contributed by atoms with Crippen LogP contribution in [-0.4, -0.2) is 19.1 Å². The highest BCUT2D eigenvalue weighted by atomic mass is 19.4. The van der Waals surface area contributed by atoms with Crippen LogP contribution in [0.4, 0.5) is 18.9 Å². The predicted octanol–water partition coefficient (Wildman–Crippen LogP) is 4.81. The van der Waals surface area contributed by atoms with Crippen molar-refractivity contribution in [2.24, 2.45) is 0 Å². The molecule has 0 bridgehead atoms. The zero-order chi connectivity index (χ0) is 19.3. The van der Waals surface area contributed by atoms with E-state index in [0.717, 1.165) is 11.6 Å². The molecule has 0 N–H and O–H groups in total. The average Bonchev–Trinajstić information content (AvgIpc) is 2.60. The molecular formula is C18H18F3NO4. The minimum atomic E-state index is -4.61. The smallest absolute Gasteiger partial charge is 0.416 e. The van der Waals surface area contributed by atoms with Gasteiger partial charge in [0, 0.05) is 11.6 Å². The fraction of sp³-hybridized carbons (Fsp3) is 0.333. The first-order chi connectivity index (χ1) is 12.3. The third kappa shape index (κ3) is 4.65. The first-order valence-corrected chi connectivity index (χ1v) is 7.81. The van der Waals surface area contributed by atoms with Crippen molar-refractivity contribution in [1.82, 2.24) is 0 Å². The quantitative estimate of drug-likeness (QED) is 0.519. The van der Waals surface area contributed by atoms with Crippen molar-refractivity contribution in [1.29, 1.82) is 0 Å². The molecule has 2 rings (SSSR count). The number of nitro groups is 1. The Morgan fingerprint density at radius 1 is 1.00 bits per heavy atom. The number of nitrogens with zero attached hydrogens (tertiary/aromatic N) is 1. The third-order valence-corrected chi connectivity index (χ3v) is 3.97. The second-order valence-corrected chi connectivity index (χ2v) is 5.64. The molecule has 0 heterocycles. The maximum Gasteiger partial charge on any atom is 0.416 e. The highest BCUT2D eigenvalue weighted by Gasteiger charge is 2.32. The van der Waals surface area contributed by atoms with E-state index >= 15 is 0 Å².